The van der Waals surface area contributed by atoms with Crippen LogP contribution in [-0.4, -0.2) is 10.1 Å². The first-order valence-corrected chi connectivity index (χ1v) is 9.57. The van der Waals surface area contributed by atoms with E-state index in [1.807, 2.05) is 42.5 Å². The number of hydrogen-bond acceptors (Lipinski definition) is 3. The molecule has 0 radical (unpaired) electrons. The number of nitrogens with two attached hydrogens (primary N) is 1. The largest absolute Gasteiger partial charge is 0.507 e. The van der Waals surface area contributed by atoms with Crippen LogP contribution in [0.3, 0.4) is 0 Å². The molecule has 4 aromatic rings. The van der Waals surface area contributed by atoms with E-state index in [9.17, 15) is 9.50 Å². The zero-order valence-electron chi connectivity index (χ0n) is 15.7. The Labute approximate surface area is 168 Å². The predicted molar refractivity (Wildman–Crippen MR) is 114 cm³/mol. The summed E-state index contributed by atoms with van der Waals surface area (Å²) in [6, 6.07) is 21.6. The van der Waals surface area contributed by atoms with Crippen LogP contribution in [0.15, 0.2) is 72.8 Å². The fourth-order valence-corrected chi connectivity index (χ4v) is 4.10. The fraction of sp³-hybridized carbons (Fsp3) is 0.0800. The number of aromatic nitrogens is 1. The van der Waals surface area contributed by atoms with Gasteiger partial charge >= 0.3 is 0 Å². The lowest BCUT2D eigenvalue weighted by molar-refractivity contribution is 0.477. The SMILES string of the molecule is Nc1ccc2c(c1)CCc1c(-c3cccc(F)c3)cc(-c3ccccc3O)nc1-2. The molecule has 3 nitrogen and oxygen atoms in total. The summed E-state index contributed by atoms with van der Waals surface area (Å²) >= 11 is 0. The predicted octanol–water partition coefficient (Wildman–Crippen LogP) is 5.61. The molecule has 1 aliphatic carbocycles. The third-order valence-corrected chi connectivity index (χ3v) is 5.47. The van der Waals surface area contributed by atoms with Crippen LogP contribution in [0.2, 0.25) is 0 Å². The van der Waals surface area contributed by atoms with Crippen LogP contribution >= 0.6 is 0 Å². The lowest BCUT2D eigenvalue weighted by Crippen LogP contribution is -2.09. The second-order valence-corrected chi connectivity index (χ2v) is 7.33. The molecule has 5 rings (SSSR count). The Hall–Kier alpha value is -3.66. The zero-order valence-corrected chi connectivity index (χ0v) is 15.7. The van der Waals surface area contributed by atoms with Crippen molar-refractivity contribution in [3.8, 4) is 39.4 Å². The van der Waals surface area contributed by atoms with Gasteiger partial charge in [-0.15, -0.1) is 0 Å². The van der Waals surface area contributed by atoms with Gasteiger partial charge < -0.3 is 10.8 Å². The van der Waals surface area contributed by atoms with E-state index in [2.05, 4.69) is 0 Å². The van der Waals surface area contributed by atoms with Gasteiger partial charge in [-0.25, -0.2) is 9.37 Å². The number of anilines is 1. The average Bonchev–Trinajstić information content (AvgIpc) is 2.73. The van der Waals surface area contributed by atoms with Crippen LogP contribution in [0.5, 0.6) is 5.75 Å². The van der Waals surface area contributed by atoms with Gasteiger partial charge in [0.15, 0.2) is 0 Å². The van der Waals surface area contributed by atoms with Crippen LogP contribution in [0.25, 0.3) is 33.6 Å². The van der Waals surface area contributed by atoms with Crippen molar-refractivity contribution >= 4 is 5.69 Å². The standard InChI is InChI=1S/C25H19FN2O/c26-17-5-3-4-15(12-17)22-14-23(21-6-1-2-7-24(21)29)28-25-19-11-9-18(27)13-16(19)8-10-20(22)25/h1-7,9,11-14,29H,8,10,27H2. The molecule has 1 aliphatic rings. The number of benzene rings is 3. The van der Waals surface area contributed by atoms with Gasteiger partial charge in [0.1, 0.15) is 11.6 Å². The number of nitrogens with zero attached hydrogens (tertiary/aromatic N) is 1. The number of fused-ring (bicyclic) bond motifs is 3. The summed E-state index contributed by atoms with van der Waals surface area (Å²) < 4.78 is 14.0. The molecule has 0 spiro atoms. The third-order valence-electron chi connectivity index (χ3n) is 5.47. The Morgan fingerprint density at radius 1 is 0.828 bits per heavy atom. The van der Waals surface area contributed by atoms with Gasteiger partial charge in [0, 0.05) is 16.8 Å². The summed E-state index contributed by atoms with van der Waals surface area (Å²) in [5, 5.41) is 10.4. The topological polar surface area (TPSA) is 59.1 Å². The molecule has 0 atom stereocenters. The average molecular weight is 382 g/mol. The van der Waals surface area contributed by atoms with Crippen molar-refractivity contribution in [1.29, 1.82) is 0 Å². The maximum absolute atomic E-state index is 14.0. The van der Waals surface area contributed by atoms with E-state index in [1.165, 1.54) is 6.07 Å². The van der Waals surface area contributed by atoms with Crippen molar-refractivity contribution in [2.75, 3.05) is 5.73 Å². The molecule has 0 amide bonds. The van der Waals surface area contributed by atoms with E-state index in [0.29, 0.717) is 11.3 Å². The van der Waals surface area contributed by atoms with E-state index in [1.54, 1.807) is 24.3 Å². The number of phenols is 1. The number of para-hydroxylation sites is 1. The minimum absolute atomic E-state index is 0.165. The first-order valence-electron chi connectivity index (χ1n) is 9.57. The van der Waals surface area contributed by atoms with Crippen molar-refractivity contribution in [2.45, 2.75) is 12.8 Å². The molecule has 4 heteroatoms. The Morgan fingerprint density at radius 2 is 1.69 bits per heavy atom. The molecule has 0 saturated carbocycles. The Kier molecular flexibility index (Phi) is 4.06. The minimum Gasteiger partial charge on any atom is -0.507 e. The van der Waals surface area contributed by atoms with Gasteiger partial charge in [-0.1, -0.05) is 30.3 Å². The van der Waals surface area contributed by atoms with Crippen LogP contribution in [0.4, 0.5) is 10.1 Å². The highest BCUT2D eigenvalue weighted by atomic mass is 19.1. The van der Waals surface area contributed by atoms with Gasteiger partial charge in [0.25, 0.3) is 0 Å². The van der Waals surface area contributed by atoms with E-state index in [-0.39, 0.29) is 11.6 Å². The van der Waals surface area contributed by atoms with E-state index in [0.717, 1.165) is 52.0 Å². The number of aryl methyl sites for hydroxylation is 1. The van der Waals surface area contributed by atoms with Crippen molar-refractivity contribution in [1.82, 2.24) is 4.98 Å². The highest BCUT2D eigenvalue weighted by Gasteiger charge is 2.23. The minimum atomic E-state index is -0.277. The summed E-state index contributed by atoms with van der Waals surface area (Å²) in [5.41, 5.74) is 13.9. The summed E-state index contributed by atoms with van der Waals surface area (Å²) in [6.45, 7) is 0. The Balaban J connectivity index is 1.82. The molecule has 0 unspecified atom stereocenters. The number of aromatic hydroxyl groups is 1. The molecule has 0 fully saturated rings. The second-order valence-electron chi connectivity index (χ2n) is 7.33. The molecular formula is C25H19FN2O. The first-order chi connectivity index (χ1) is 14.1. The summed E-state index contributed by atoms with van der Waals surface area (Å²) in [7, 11) is 0. The van der Waals surface area contributed by atoms with Gasteiger partial charge in [-0.05, 0) is 77.6 Å². The number of nitrogen functional groups attached to an aromatic ring is 1. The van der Waals surface area contributed by atoms with Crippen molar-refractivity contribution in [3.63, 3.8) is 0 Å². The maximum Gasteiger partial charge on any atom is 0.124 e. The molecular weight excluding hydrogens is 363 g/mol. The van der Waals surface area contributed by atoms with E-state index >= 15 is 0 Å². The Bertz CT molecular complexity index is 1250. The lowest BCUT2D eigenvalue weighted by atomic mass is 9.84. The molecule has 29 heavy (non-hydrogen) atoms. The number of phenolic OH excluding ortho intramolecular Hbond substituents is 1. The normalized spacial score (nSPS) is 12.3. The third kappa shape index (κ3) is 3.03. The smallest absolute Gasteiger partial charge is 0.124 e. The van der Waals surface area contributed by atoms with Gasteiger partial charge in [-0.2, -0.15) is 0 Å². The van der Waals surface area contributed by atoms with Crippen molar-refractivity contribution < 1.29 is 9.50 Å². The highest BCUT2D eigenvalue weighted by molar-refractivity contribution is 5.84. The van der Waals surface area contributed by atoms with Crippen molar-refractivity contribution in [3.05, 3.63) is 89.7 Å². The lowest BCUT2D eigenvalue weighted by Gasteiger charge is -2.23. The van der Waals surface area contributed by atoms with Gasteiger partial charge in [0.05, 0.1) is 11.4 Å². The number of pyridine rings is 1. The molecule has 1 aromatic heterocycles. The monoisotopic (exact) mass is 382 g/mol. The molecule has 3 N–H and O–H groups in total. The van der Waals surface area contributed by atoms with Crippen LogP contribution in [-0.2, 0) is 12.8 Å². The summed E-state index contributed by atoms with van der Waals surface area (Å²) in [5.74, 6) is -0.111. The van der Waals surface area contributed by atoms with Gasteiger partial charge in [0.2, 0.25) is 0 Å². The second kappa shape index (κ2) is 6.74. The summed E-state index contributed by atoms with van der Waals surface area (Å²) in [6.07, 6.45) is 1.65. The van der Waals surface area contributed by atoms with Crippen LogP contribution in [0.1, 0.15) is 11.1 Å². The fourth-order valence-electron chi connectivity index (χ4n) is 4.10. The first kappa shape index (κ1) is 17.4. The van der Waals surface area contributed by atoms with Crippen molar-refractivity contribution in [2.24, 2.45) is 0 Å². The summed E-state index contributed by atoms with van der Waals surface area (Å²) in [4.78, 5) is 4.93. The Morgan fingerprint density at radius 3 is 2.52 bits per heavy atom. The van der Waals surface area contributed by atoms with Crippen LogP contribution < -0.4 is 5.73 Å². The van der Waals surface area contributed by atoms with E-state index < -0.39 is 0 Å². The maximum atomic E-state index is 14.0. The molecule has 142 valence electrons. The molecule has 0 saturated heterocycles. The molecule has 0 aliphatic heterocycles. The quantitative estimate of drug-likeness (QED) is 0.443. The van der Waals surface area contributed by atoms with E-state index in [4.69, 9.17) is 10.7 Å². The number of halogens is 1. The molecule has 1 heterocycles. The number of rotatable bonds is 2. The van der Waals surface area contributed by atoms with Gasteiger partial charge in [-0.3, -0.25) is 0 Å². The number of hydrogen-bond donors (Lipinski definition) is 2. The molecule has 3 aromatic carbocycles. The molecule has 0 bridgehead atoms. The highest BCUT2D eigenvalue weighted by Crippen LogP contribution is 2.41. The zero-order chi connectivity index (χ0) is 20.0. The van der Waals surface area contributed by atoms with Crippen LogP contribution in [0, 0.1) is 5.82 Å².